The Morgan fingerprint density at radius 1 is 1.11 bits per heavy atom. The third-order valence-electron chi connectivity index (χ3n) is 6.14. The minimum atomic E-state index is -0.601. The first kappa shape index (κ1) is 24.5. The van der Waals surface area contributed by atoms with Crippen LogP contribution in [0, 0.1) is 11.6 Å². The number of allylic oxidation sites excluding steroid dienone is 5. The Hall–Kier alpha value is -3.62. The summed E-state index contributed by atoms with van der Waals surface area (Å²) < 4.78 is 30.4. The molecule has 2 aromatic carbocycles. The van der Waals surface area contributed by atoms with Crippen LogP contribution in [-0.4, -0.2) is 68.8 Å². The lowest BCUT2D eigenvalue weighted by atomic mass is 9.91. The topological polar surface area (TPSA) is 63.5 Å². The maximum atomic E-state index is 15.3. The molecule has 2 aliphatic rings. The van der Waals surface area contributed by atoms with Gasteiger partial charge in [0.1, 0.15) is 11.5 Å². The minimum Gasteiger partial charge on any atom is -0.395 e. The van der Waals surface area contributed by atoms with Gasteiger partial charge in [0, 0.05) is 74.9 Å². The summed E-state index contributed by atoms with van der Waals surface area (Å²) in [5.41, 5.74) is 3.84. The van der Waals surface area contributed by atoms with E-state index in [2.05, 4.69) is 26.9 Å². The van der Waals surface area contributed by atoms with E-state index in [1.165, 1.54) is 6.07 Å². The molecule has 4 rings (SSSR count). The van der Waals surface area contributed by atoms with Crippen molar-refractivity contribution in [1.29, 1.82) is 0 Å². The molecule has 0 radical (unpaired) electrons. The lowest BCUT2D eigenvalue weighted by Crippen LogP contribution is -2.47. The molecule has 0 unspecified atom stereocenters. The number of aliphatic imine (C=N–C) groups is 2. The number of hydrogen-bond acceptors (Lipinski definition) is 6. The Morgan fingerprint density at radius 3 is 2.63 bits per heavy atom. The monoisotopic (exact) mass is 477 g/mol. The number of piperazine rings is 1. The molecular formula is C27H29F2N5O. The normalized spacial score (nSPS) is 18.7. The average Bonchev–Trinajstić information content (AvgIpc) is 2.88. The second-order valence-electron chi connectivity index (χ2n) is 8.31. The molecule has 0 aromatic heterocycles. The molecule has 1 fully saturated rings. The summed E-state index contributed by atoms with van der Waals surface area (Å²) in [7, 11) is 1.84. The lowest BCUT2D eigenvalue weighted by Gasteiger charge is -2.36. The first-order valence-electron chi connectivity index (χ1n) is 11.5. The number of benzene rings is 2. The van der Waals surface area contributed by atoms with Gasteiger partial charge < -0.3 is 15.3 Å². The SMILES string of the molecule is C=N/C=C1/C=CC=C(c2cccc(NC)c2)/C1=N/c1cc(F)c(N2CCN(CCO)CC2)cc1F. The summed E-state index contributed by atoms with van der Waals surface area (Å²) in [6.07, 6.45) is 7.13. The molecule has 1 saturated heterocycles. The van der Waals surface area contributed by atoms with Crippen molar-refractivity contribution in [3.8, 4) is 0 Å². The van der Waals surface area contributed by atoms with Crippen LogP contribution < -0.4 is 10.2 Å². The van der Waals surface area contributed by atoms with Crippen molar-refractivity contribution in [2.45, 2.75) is 0 Å². The fourth-order valence-electron chi connectivity index (χ4n) is 4.29. The molecule has 8 heteroatoms. The van der Waals surface area contributed by atoms with E-state index in [1.54, 1.807) is 6.20 Å². The Bertz CT molecular complexity index is 1210. The number of hydrogen-bond donors (Lipinski definition) is 2. The predicted molar refractivity (Wildman–Crippen MR) is 140 cm³/mol. The Kier molecular flexibility index (Phi) is 7.84. The van der Waals surface area contributed by atoms with E-state index in [1.807, 2.05) is 54.4 Å². The van der Waals surface area contributed by atoms with Crippen molar-refractivity contribution in [2.75, 3.05) is 56.6 Å². The minimum absolute atomic E-state index is 0.0823. The zero-order valence-electron chi connectivity index (χ0n) is 19.7. The number of rotatable bonds is 7. The lowest BCUT2D eigenvalue weighted by molar-refractivity contribution is 0.188. The molecular weight excluding hydrogens is 448 g/mol. The number of anilines is 2. The average molecular weight is 478 g/mol. The van der Waals surface area contributed by atoms with Gasteiger partial charge in [0.05, 0.1) is 18.0 Å². The van der Waals surface area contributed by atoms with Crippen molar-refractivity contribution in [3.05, 3.63) is 83.6 Å². The number of aliphatic hydroxyl groups is 1. The van der Waals surface area contributed by atoms with Crippen LogP contribution in [0.3, 0.4) is 0 Å². The van der Waals surface area contributed by atoms with Gasteiger partial charge in [-0.1, -0.05) is 30.4 Å². The molecule has 0 amide bonds. The van der Waals surface area contributed by atoms with Gasteiger partial charge in [0.2, 0.25) is 0 Å². The quantitative estimate of drug-likeness (QED) is 0.579. The third kappa shape index (κ3) is 5.55. The van der Waals surface area contributed by atoms with E-state index in [9.17, 15) is 0 Å². The Balaban J connectivity index is 1.69. The fraction of sp³-hybridized carbons (Fsp3) is 0.259. The van der Waals surface area contributed by atoms with Gasteiger partial charge in [0.25, 0.3) is 0 Å². The summed E-state index contributed by atoms with van der Waals surface area (Å²) in [6.45, 7) is 6.67. The Labute approximate surface area is 204 Å². The molecule has 1 aliphatic carbocycles. The van der Waals surface area contributed by atoms with E-state index >= 15 is 8.78 Å². The van der Waals surface area contributed by atoms with Crippen molar-refractivity contribution < 1.29 is 13.9 Å². The van der Waals surface area contributed by atoms with Crippen molar-refractivity contribution in [2.24, 2.45) is 9.98 Å². The second kappa shape index (κ2) is 11.2. The van der Waals surface area contributed by atoms with Crippen LogP contribution in [0.2, 0.25) is 0 Å². The molecule has 0 spiro atoms. The molecule has 6 nitrogen and oxygen atoms in total. The van der Waals surface area contributed by atoms with Gasteiger partial charge in [-0.3, -0.25) is 9.89 Å². The van der Waals surface area contributed by atoms with Crippen molar-refractivity contribution in [3.63, 3.8) is 0 Å². The highest BCUT2D eigenvalue weighted by Crippen LogP contribution is 2.33. The maximum absolute atomic E-state index is 15.3. The highest BCUT2D eigenvalue weighted by atomic mass is 19.1. The summed E-state index contributed by atoms with van der Waals surface area (Å²) in [5.74, 6) is -1.13. The van der Waals surface area contributed by atoms with Crippen molar-refractivity contribution in [1.82, 2.24) is 4.90 Å². The first-order valence-corrected chi connectivity index (χ1v) is 11.5. The molecule has 2 aromatic rings. The summed E-state index contributed by atoms with van der Waals surface area (Å²) >= 11 is 0. The highest BCUT2D eigenvalue weighted by molar-refractivity contribution is 6.34. The zero-order valence-corrected chi connectivity index (χ0v) is 19.7. The first-order chi connectivity index (χ1) is 17.0. The molecule has 35 heavy (non-hydrogen) atoms. The van der Waals surface area contributed by atoms with Gasteiger partial charge in [-0.25, -0.2) is 13.8 Å². The maximum Gasteiger partial charge on any atom is 0.151 e. The molecule has 2 N–H and O–H groups in total. The Morgan fingerprint density at radius 2 is 1.91 bits per heavy atom. The second-order valence-corrected chi connectivity index (χ2v) is 8.31. The van der Waals surface area contributed by atoms with E-state index in [4.69, 9.17) is 5.11 Å². The van der Waals surface area contributed by atoms with Gasteiger partial charge in [0.15, 0.2) is 5.82 Å². The van der Waals surface area contributed by atoms with E-state index in [-0.39, 0.29) is 18.0 Å². The van der Waals surface area contributed by atoms with Crippen molar-refractivity contribution >= 4 is 35.1 Å². The van der Waals surface area contributed by atoms with Crippen LogP contribution in [0.15, 0.2) is 76.4 Å². The molecule has 182 valence electrons. The van der Waals surface area contributed by atoms with Gasteiger partial charge >= 0.3 is 0 Å². The van der Waals surface area contributed by atoms with Crippen LogP contribution >= 0.6 is 0 Å². The number of halogens is 2. The molecule has 1 heterocycles. The van der Waals surface area contributed by atoms with E-state index < -0.39 is 11.6 Å². The third-order valence-corrected chi connectivity index (χ3v) is 6.14. The largest absolute Gasteiger partial charge is 0.395 e. The van der Waals surface area contributed by atoms with Gasteiger partial charge in [-0.2, -0.15) is 0 Å². The number of nitrogens with zero attached hydrogens (tertiary/aromatic N) is 4. The van der Waals surface area contributed by atoms with Crippen LogP contribution in [-0.2, 0) is 0 Å². The molecule has 0 saturated carbocycles. The number of β-amino-alcohol motifs (C(OH)–C–C–N with tert-alkyl or cyclic N) is 1. The van der Waals surface area contributed by atoms with Crippen LogP contribution in [0.5, 0.6) is 0 Å². The standard InChI is InChI=1S/C27H29F2N5O/c1-30-18-20-6-4-8-22(19-5-3-7-21(15-19)31-2)27(20)32-25-16-24(29)26(17-23(25)28)34-11-9-33(10-12-34)13-14-35/h3-8,15-18,31,35H,1,9-14H2,2H3/b20-18-,32-27+. The number of nitrogens with one attached hydrogen (secondary N) is 1. The summed E-state index contributed by atoms with van der Waals surface area (Å²) in [6, 6.07) is 10.1. The van der Waals surface area contributed by atoms with Crippen LogP contribution in [0.1, 0.15) is 5.56 Å². The predicted octanol–water partition coefficient (Wildman–Crippen LogP) is 4.43. The van der Waals surface area contributed by atoms with Gasteiger partial charge in [-0.15, -0.1) is 0 Å². The zero-order chi connectivity index (χ0) is 24.8. The fourth-order valence-corrected chi connectivity index (χ4v) is 4.29. The molecule has 1 aliphatic heterocycles. The smallest absolute Gasteiger partial charge is 0.151 e. The van der Waals surface area contributed by atoms with Crippen LogP contribution in [0.25, 0.3) is 5.57 Å². The molecule has 0 atom stereocenters. The van der Waals surface area contributed by atoms with E-state index in [0.717, 1.165) is 22.9 Å². The summed E-state index contributed by atoms with van der Waals surface area (Å²) in [4.78, 5) is 12.4. The highest BCUT2D eigenvalue weighted by Gasteiger charge is 2.22. The van der Waals surface area contributed by atoms with Gasteiger partial charge in [-0.05, 0) is 24.4 Å². The number of aliphatic hydroxyl groups excluding tert-OH is 1. The van der Waals surface area contributed by atoms with E-state index in [0.29, 0.717) is 44.0 Å². The van der Waals surface area contributed by atoms with Crippen LogP contribution in [0.4, 0.5) is 25.8 Å². The molecule has 0 bridgehead atoms. The summed E-state index contributed by atoms with van der Waals surface area (Å²) in [5, 5.41) is 12.2.